The van der Waals surface area contributed by atoms with E-state index in [-0.39, 0.29) is 17.3 Å². The number of para-hydroxylation sites is 1. The van der Waals surface area contributed by atoms with Crippen LogP contribution in [0.2, 0.25) is 0 Å². The lowest BCUT2D eigenvalue weighted by atomic mass is 10.1. The molecule has 3 aromatic rings. The minimum absolute atomic E-state index is 0.0906. The van der Waals surface area contributed by atoms with E-state index in [1.165, 1.54) is 12.1 Å². The van der Waals surface area contributed by atoms with Gasteiger partial charge in [0.25, 0.3) is 10.1 Å². The normalized spacial score (nSPS) is 10.6. The van der Waals surface area contributed by atoms with Gasteiger partial charge in [-0.05, 0) is 29.3 Å². The predicted octanol–water partition coefficient (Wildman–Crippen LogP) is 3.48. The molecule has 0 aliphatic carbocycles. The molecule has 130 valence electrons. The third-order valence-electron chi connectivity index (χ3n) is 3.42. The number of hydrogen-bond acceptors (Lipinski definition) is 4. The Kier molecular flexibility index (Phi) is 6.30. The van der Waals surface area contributed by atoms with E-state index in [1.54, 1.807) is 36.4 Å². The van der Waals surface area contributed by atoms with Crippen molar-refractivity contribution in [3.05, 3.63) is 84.4 Å². The van der Waals surface area contributed by atoms with E-state index in [1.807, 2.05) is 30.3 Å². The number of benzene rings is 3. The molecule has 25 heavy (non-hydrogen) atoms. The number of hydrogen-bond donors (Lipinski definition) is 3. The molecule has 5 nitrogen and oxygen atoms in total. The summed E-state index contributed by atoms with van der Waals surface area (Å²) < 4.78 is 30.5. The van der Waals surface area contributed by atoms with Crippen molar-refractivity contribution in [3.8, 4) is 16.9 Å². The molecule has 3 rings (SSSR count). The molecule has 0 spiro atoms. The topological polar surface area (TPSA) is 94.8 Å². The summed E-state index contributed by atoms with van der Waals surface area (Å²) in [4.78, 5) is -0.0906. The first-order valence-corrected chi connectivity index (χ1v) is 8.86. The second-order valence-electron chi connectivity index (χ2n) is 5.15. The van der Waals surface area contributed by atoms with E-state index in [0.717, 1.165) is 11.1 Å². The van der Waals surface area contributed by atoms with Crippen LogP contribution in [0.15, 0.2) is 83.8 Å². The van der Waals surface area contributed by atoms with Gasteiger partial charge in [0.05, 0.1) is 11.5 Å². The first-order valence-electron chi connectivity index (χ1n) is 7.42. The third-order valence-corrected chi connectivity index (χ3v) is 4.29. The fraction of sp³-hybridized carbons (Fsp3) is 0.0526. The monoisotopic (exact) mass is 358 g/mol. The van der Waals surface area contributed by atoms with Crippen LogP contribution in [-0.2, 0) is 16.7 Å². The first kappa shape index (κ1) is 18.7. The second kappa shape index (κ2) is 8.43. The summed E-state index contributed by atoms with van der Waals surface area (Å²) in [5, 5.41) is 17.5. The van der Waals surface area contributed by atoms with Crippen molar-refractivity contribution < 1.29 is 23.2 Å². The molecule has 0 saturated carbocycles. The summed E-state index contributed by atoms with van der Waals surface area (Å²) in [7, 11) is -4.10. The zero-order valence-electron chi connectivity index (χ0n) is 13.3. The lowest BCUT2D eigenvalue weighted by Gasteiger charge is -2.02. The quantitative estimate of drug-likeness (QED) is 0.623. The van der Waals surface area contributed by atoms with Gasteiger partial charge in [0, 0.05) is 5.56 Å². The van der Waals surface area contributed by atoms with E-state index >= 15 is 0 Å². The summed E-state index contributed by atoms with van der Waals surface area (Å²) in [6.07, 6.45) is 0. The van der Waals surface area contributed by atoms with Gasteiger partial charge in [-0.25, -0.2) is 0 Å². The summed E-state index contributed by atoms with van der Waals surface area (Å²) in [5.74, 6) is 0.153. The number of aromatic hydroxyl groups is 1. The maximum absolute atomic E-state index is 10.8. The SMILES string of the molecule is O=S(=O)(O)c1ccc(-c2ccccc2)cc1.OCc1ccccc1O. The number of rotatable bonds is 3. The van der Waals surface area contributed by atoms with Gasteiger partial charge < -0.3 is 10.2 Å². The van der Waals surface area contributed by atoms with Gasteiger partial charge in [-0.2, -0.15) is 8.42 Å². The summed E-state index contributed by atoms with van der Waals surface area (Å²) in [5.41, 5.74) is 2.48. The van der Waals surface area contributed by atoms with Crippen molar-refractivity contribution in [3.63, 3.8) is 0 Å². The zero-order valence-corrected chi connectivity index (χ0v) is 14.1. The Morgan fingerprint density at radius 3 is 1.72 bits per heavy atom. The van der Waals surface area contributed by atoms with E-state index < -0.39 is 10.1 Å². The molecule has 0 saturated heterocycles. The highest BCUT2D eigenvalue weighted by Gasteiger charge is 2.08. The molecular formula is C19H18O5S. The van der Waals surface area contributed by atoms with Crippen LogP contribution < -0.4 is 0 Å². The van der Waals surface area contributed by atoms with Crippen molar-refractivity contribution in [2.24, 2.45) is 0 Å². The fourth-order valence-electron chi connectivity index (χ4n) is 2.09. The highest BCUT2D eigenvalue weighted by molar-refractivity contribution is 7.85. The van der Waals surface area contributed by atoms with Crippen LogP contribution in [0.3, 0.4) is 0 Å². The Bertz CT molecular complexity index is 904. The van der Waals surface area contributed by atoms with Crippen LogP contribution in [-0.4, -0.2) is 23.2 Å². The van der Waals surface area contributed by atoms with Crippen molar-refractivity contribution >= 4 is 10.1 Å². The minimum Gasteiger partial charge on any atom is -0.508 e. The van der Waals surface area contributed by atoms with Gasteiger partial charge in [-0.3, -0.25) is 4.55 Å². The molecule has 0 heterocycles. The average Bonchev–Trinajstić information content (AvgIpc) is 2.63. The van der Waals surface area contributed by atoms with Crippen molar-refractivity contribution in [1.82, 2.24) is 0 Å². The van der Waals surface area contributed by atoms with Crippen molar-refractivity contribution in [2.75, 3.05) is 0 Å². The van der Waals surface area contributed by atoms with E-state index in [4.69, 9.17) is 14.8 Å². The summed E-state index contributed by atoms with van der Waals surface area (Å²) >= 11 is 0. The number of phenols is 1. The molecule has 0 unspecified atom stereocenters. The third kappa shape index (κ3) is 5.42. The standard InChI is InChI=1S/C12H10O3S.C7H8O2/c13-16(14,15)12-8-6-11(7-9-12)10-4-2-1-3-5-10;8-5-6-3-1-2-4-7(6)9/h1-9H,(H,13,14,15);1-4,8-9H,5H2. The second-order valence-corrected chi connectivity index (χ2v) is 6.57. The highest BCUT2D eigenvalue weighted by Crippen LogP contribution is 2.20. The average molecular weight is 358 g/mol. The molecule has 3 aromatic carbocycles. The molecule has 0 atom stereocenters. The van der Waals surface area contributed by atoms with Crippen LogP contribution >= 0.6 is 0 Å². The summed E-state index contributed by atoms with van der Waals surface area (Å²) in [6.45, 7) is -0.104. The Hall–Kier alpha value is -2.67. The van der Waals surface area contributed by atoms with Gasteiger partial charge in [-0.1, -0.05) is 60.7 Å². The zero-order chi connectivity index (χ0) is 18.3. The van der Waals surface area contributed by atoms with E-state index in [2.05, 4.69) is 0 Å². The molecule has 0 amide bonds. The lowest BCUT2D eigenvalue weighted by molar-refractivity contribution is 0.275. The van der Waals surface area contributed by atoms with Gasteiger partial charge in [0.2, 0.25) is 0 Å². The van der Waals surface area contributed by atoms with Crippen molar-refractivity contribution in [1.29, 1.82) is 0 Å². The molecule has 3 N–H and O–H groups in total. The van der Waals surface area contributed by atoms with Crippen LogP contribution in [0.1, 0.15) is 5.56 Å². The van der Waals surface area contributed by atoms with E-state index in [9.17, 15) is 8.42 Å². The Balaban J connectivity index is 0.000000212. The maximum Gasteiger partial charge on any atom is 0.294 e. The molecule has 0 fully saturated rings. The minimum atomic E-state index is -4.10. The molecular weight excluding hydrogens is 340 g/mol. The maximum atomic E-state index is 10.8. The van der Waals surface area contributed by atoms with E-state index in [0.29, 0.717) is 5.56 Å². The number of aliphatic hydroxyl groups is 1. The van der Waals surface area contributed by atoms with Crippen LogP contribution in [0.5, 0.6) is 5.75 Å². The van der Waals surface area contributed by atoms with Gasteiger partial charge in [-0.15, -0.1) is 0 Å². The van der Waals surface area contributed by atoms with Gasteiger partial charge >= 0.3 is 0 Å². The molecule has 6 heteroatoms. The van der Waals surface area contributed by atoms with Crippen molar-refractivity contribution in [2.45, 2.75) is 11.5 Å². The first-order chi connectivity index (χ1) is 11.9. The lowest BCUT2D eigenvalue weighted by Crippen LogP contribution is -1.97. The number of aliphatic hydroxyl groups excluding tert-OH is 1. The molecule has 0 aliphatic rings. The Morgan fingerprint density at radius 1 is 0.720 bits per heavy atom. The smallest absolute Gasteiger partial charge is 0.294 e. The molecule has 0 aliphatic heterocycles. The molecule has 0 aromatic heterocycles. The Morgan fingerprint density at radius 2 is 1.24 bits per heavy atom. The molecule has 0 radical (unpaired) electrons. The Labute approximate surface area is 146 Å². The molecule has 0 bridgehead atoms. The highest BCUT2D eigenvalue weighted by atomic mass is 32.2. The van der Waals surface area contributed by atoms with Crippen LogP contribution in [0.25, 0.3) is 11.1 Å². The van der Waals surface area contributed by atoms with Crippen LogP contribution in [0, 0.1) is 0 Å². The van der Waals surface area contributed by atoms with Gasteiger partial charge in [0.15, 0.2) is 0 Å². The predicted molar refractivity (Wildman–Crippen MR) is 95.7 cm³/mol. The van der Waals surface area contributed by atoms with Crippen LogP contribution in [0.4, 0.5) is 0 Å². The van der Waals surface area contributed by atoms with Gasteiger partial charge in [0.1, 0.15) is 5.75 Å². The largest absolute Gasteiger partial charge is 0.508 e. The fourth-order valence-corrected chi connectivity index (χ4v) is 2.57. The summed E-state index contributed by atoms with van der Waals surface area (Å²) in [6, 6.07) is 22.4.